The predicted molar refractivity (Wildman–Crippen MR) is 36.6 cm³/mol. The van der Waals surface area contributed by atoms with Gasteiger partial charge in [-0.2, -0.15) is 0 Å². The lowest BCUT2D eigenvalue weighted by atomic mass is 9.81. The van der Waals surface area contributed by atoms with Crippen LogP contribution < -0.4 is 0 Å². The van der Waals surface area contributed by atoms with Gasteiger partial charge in [-0.15, -0.1) is 0 Å². The van der Waals surface area contributed by atoms with E-state index in [9.17, 15) is 4.79 Å². The topological polar surface area (TPSA) is 29.6 Å². The SMILES string of the molecule is CC1CC2OC2CC1C=O. The first kappa shape index (κ1) is 6.35. The Labute approximate surface area is 60.6 Å². The van der Waals surface area contributed by atoms with E-state index in [-0.39, 0.29) is 5.92 Å². The molecule has 2 fully saturated rings. The van der Waals surface area contributed by atoms with Crippen LogP contribution in [0.4, 0.5) is 0 Å². The van der Waals surface area contributed by atoms with Gasteiger partial charge in [-0.1, -0.05) is 6.92 Å². The molecule has 1 heterocycles. The van der Waals surface area contributed by atoms with Crippen LogP contribution in [-0.4, -0.2) is 18.5 Å². The van der Waals surface area contributed by atoms with E-state index >= 15 is 0 Å². The summed E-state index contributed by atoms with van der Waals surface area (Å²) in [6, 6.07) is 0. The third-order valence-electron chi connectivity index (χ3n) is 2.70. The Morgan fingerprint density at radius 3 is 2.80 bits per heavy atom. The molecule has 1 aliphatic carbocycles. The Kier molecular flexibility index (Phi) is 1.31. The molecule has 1 saturated heterocycles. The van der Waals surface area contributed by atoms with Crippen molar-refractivity contribution >= 4 is 6.29 Å². The zero-order valence-corrected chi connectivity index (χ0v) is 6.12. The summed E-state index contributed by atoms with van der Waals surface area (Å²) >= 11 is 0. The van der Waals surface area contributed by atoms with Crippen molar-refractivity contribution in [2.45, 2.75) is 32.0 Å². The monoisotopic (exact) mass is 140 g/mol. The molecule has 0 amide bonds. The number of aldehydes is 1. The standard InChI is InChI=1S/C8H12O2/c1-5-2-7-8(10-7)3-6(5)4-9/h4-8H,2-3H2,1H3. The Hall–Kier alpha value is -0.370. The van der Waals surface area contributed by atoms with E-state index in [1.165, 1.54) is 0 Å². The molecule has 1 saturated carbocycles. The van der Waals surface area contributed by atoms with Crippen LogP contribution >= 0.6 is 0 Å². The maximum Gasteiger partial charge on any atom is 0.123 e. The molecule has 0 aromatic carbocycles. The maximum atomic E-state index is 10.5. The van der Waals surface area contributed by atoms with Crippen LogP contribution in [0.15, 0.2) is 0 Å². The molecule has 10 heavy (non-hydrogen) atoms. The van der Waals surface area contributed by atoms with E-state index in [0.717, 1.165) is 19.1 Å². The minimum absolute atomic E-state index is 0.267. The molecule has 2 heteroatoms. The van der Waals surface area contributed by atoms with E-state index < -0.39 is 0 Å². The smallest absolute Gasteiger partial charge is 0.123 e. The minimum atomic E-state index is 0.267. The van der Waals surface area contributed by atoms with Gasteiger partial charge in [-0.3, -0.25) is 0 Å². The summed E-state index contributed by atoms with van der Waals surface area (Å²) in [7, 11) is 0. The molecule has 0 N–H and O–H groups in total. The fraction of sp³-hybridized carbons (Fsp3) is 0.875. The first-order chi connectivity index (χ1) is 4.81. The molecule has 0 radical (unpaired) electrons. The lowest BCUT2D eigenvalue weighted by Gasteiger charge is -2.20. The van der Waals surface area contributed by atoms with Crippen molar-refractivity contribution < 1.29 is 9.53 Å². The molecule has 2 aliphatic rings. The van der Waals surface area contributed by atoms with E-state index in [2.05, 4.69) is 6.92 Å². The third-order valence-corrected chi connectivity index (χ3v) is 2.70. The van der Waals surface area contributed by atoms with Crippen LogP contribution in [0.25, 0.3) is 0 Å². The highest BCUT2D eigenvalue weighted by Gasteiger charge is 2.46. The van der Waals surface area contributed by atoms with Crippen molar-refractivity contribution in [2.75, 3.05) is 0 Å². The third kappa shape index (κ3) is 0.870. The van der Waals surface area contributed by atoms with Crippen molar-refractivity contribution in [1.82, 2.24) is 0 Å². The summed E-state index contributed by atoms with van der Waals surface area (Å²) in [5.74, 6) is 0.810. The molecule has 0 bridgehead atoms. The molecule has 4 atom stereocenters. The lowest BCUT2D eigenvalue weighted by Crippen LogP contribution is -2.22. The normalized spacial score (nSPS) is 51.7. The first-order valence-corrected chi connectivity index (χ1v) is 3.92. The average Bonchev–Trinajstić information content (AvgIpc) is 2.64. The molecule has 1 aliphatic heterocycles. The van der Waals surface area contributed by atoms with E-state index in [4.69, 9.17) is 4.74 Å². The Bertz CT molecular complexity index is 155. The van der Waals surface area contributed by atoms with Gasteiger partial charge in [0.2, 0.25) is 0 Å². The fourth-order valence-electron chi connectivity index (χ4n) is 1.83. The number of fused-ring (bicyclic) bond motifs is 1. The largest absolute Gasteiger partial charge is 0.370 e. The second-order valence-electron chi connectivity index (χ2n) is 3.46. The summed E-state index contributed by atoms with van der Waals surface area (Å²) in [5.41, 5.74) is 0. The van der Waals surface area contributed by atoms with Gasteiger partial charge in [-0.05, 0) is 18.8 Å². The summed E-state index contributed by atoms with van der Waals surface area (Å²) in [5, 5.41) is 0. The molecule has 2 nitrogen and oxygen atoms in total. The number of carbonyl (C=O) groups is 1. The predicted octanol–water partition coefficient (Wildman–Crippen LogP) is 0.999. The van der Waals surface area contributed by atoms with Gasteiger partial charge in [0.1, 0.15) is 6.29 Å². The minimum Gasteiger partial charge on any atom is -0.370 e. The lowest BCUT2D eigenvalue weighted by molar-refractivity contribution is -0.113. The van der Waals surface area contributed by atoms with Gasteiger partial charge >= 0.3 is 0 Å². The first-order valence-electron chi connectivity index (χ1n) is 3.92. The number of carbonyl (C=O) groups excluding carboxylic acids is 1. The summed E-state index contributed by atoms with van der Waals surface area (Å²) in [6.07, 6.45) is 4.09. The molecular formula is C8H12O2. The highest BCUT2D eigenvalue weighted by molar-refractivity contribution is 5.54. The van der Waals surface area contributed by atoms with Crippen molar-refractivity contribution in [3.05, 3.63) is 0 Å². The van der Waals surface area contributed by atoms with Crippen LogP contribution in [0, 0.1) is 11.8 Å². The number of hydrogen-bond acceptors (Lipinski definition) is 2. The highest BCUT2D eigenvalue weighted by atomic mass is 16.6. The Morgan fingerprint density at radius 2 is 2.10 bits per heavy atom. The van der Waals surface area contributed by atoms with Gasteiger partial charge in [0.05, 0.1) is 12.2 Å². The fourth-order valence-corrected chi connectivity index (χ4v) is 1.83. The Balaban J connectivity index is 2.00. The van der Waals surface area contributed by atoms with Crippen LogP contribution in [0.1, 0.15) is 19.8 Å². The van der Waals surface area contributed by atoms with E-state index in [1.807, 2.05) is 0 Å². The average molecular weight is 140 g/mol. The van der Waals surface area contributed by atoms with E-state index in [0.29, 0.717) is 18.1 Å². The van der Waals surface area contributed by atoms with Crippen molar-refractivity contribution in [1.29, 1.82) is 0 Å². The van der Waals surface area contributed by atoms with Crippen LogP contribution in [0.5, 0.6) is 0 Å². The molecule has 4 unspecified atom stereocenters. The second kappa shape index (κ2) is 2.06. The molecule has 0 aromatic rings. The highest BCUT2D eigenvalue weighted by Crippen LogP contribution is 2.41. The molecular weight excluding hydrogens is 128 g/mol. The van der Waals surface area contributed by atoms with Gasteiger partial charge in [0.15, 0.2) is 0 Å². The molecule has 0 spiro atoms. The van der Waals surface area contributed by atoms with Crippen LogP contribution in [0.3, 0.4) is 0 Å². The quantitative estimate of drug-likeness (QED) is 0.401. The van der Waals surface area contributed by atoms with Gasteiger partial charge in [0.25, 0.3) is 0 Å². The zero-order valence-electron chi connectivity index (χ0n) is 6.12. The summed E-state index contributed by atoms with van der Waals surface area (Å²) in [4.78, 5) is 10.5. The van der Waals surface area contributed by atoms with Gasteiger partial charge in [-0.25, -0.2) is 0 Å². The van der Waals surface area contributed by atoms with Gasteiger partial charge in [0, 0.05) is 5.92 Å². The van der Waals surface area contributed by atoms with Gasteiger partial charge < -0.3 is 9.53 Å². The number of rotatable bonds is 1. The van der Waals surface area contributed by atoms with Crippen molar-refractivity contribution in [2.24, 2.45) is 11.8 Å². The van der Waals surface area contributed by atoms with Crippen molar-refractivity contribution in [3.63, 3.8) is 0 Å². The van der Waals surface area contributed by atoms with Crippen LogP contribution in [0.2, 0.25) is 0 Å². The number of epoxide rings is 1. The van der Waals surface area contributed by atoms with Crippen LogP contribution in [-0.2, 0) is 9.53 Å². The summed E-state index contributed by atoms with van der Waals surface area (Å²) in [6.45, 7) is 2.14. The second-order valence-corrected chi connectivity index (χ2v) is 3.46. The molecule has 56 valence electrons. The van der Waals surface area contributed by atoms with E-state index in [1.54, 1.807) is 0 Å². The maximum absolute atomic E-state index is 10.5. The molecule has 0 aromatic heterocycles. The Morgan fingerprint density at radius 1 is 1.40 bits per heavy atom. The zero-order chi connectivity index (χ0) is 7.14. The van der Waals surface area contributed by atoms with Crippen molar-refractivity contribution in [3.8, 4) is 0 Å². The molecule has 2 rings (SSSR count). The summed E-state index contributed by atoms with van der Waals surface area (Å²) < 4.78 is 5.32. The number of ether oxygens (including phenoxy) is 1. The number of hydrogen-bond donors (Lipinski definition) is 0.